The Bertz CT molecular complexity index is 803. The summed E-state index contributed by atoms with van der Waals surface area (Å²) < 4.78 is 43.5. The number of nitrogens with zero attached hydrogens (tertiary/aromatic N) is 4. The Morgan fingerprint density at radius 1 is 1.29 bits per heavy atom. The molecule has 1 N–H and O–H groups in total. The van der Waals surface area contributed by atoms with Gasteiger partial charge in [-0.25, -0.2) is 4.98 Å². The Hall–Kier alpha value is -2.49. The summed E-state index contributed by atoms with van der Waals surface area (Å²) in [7, 11) is 1.28. The monoisotopic (exact) mass is 344 g/mol. The lowest BCUT2D eigenvalue weighted by molar-refractivity contribution is -0.141. The van der Waals surface area contributed by atoms with Gasteiger partial charge >= 0.3 is 11.7 Å². The molecule has 2 aromatic rings. The minimum Gasteiger partial charge on any atom is -0.424 e. The Labute approximate surface area is 134 Å². The highest BCUT2D eigenvalue weighted by molar-refractivity contribution is 5.60. The SMILES string of the molecule is COCc1nc(C(F)(F)F)ccc1-c1nnc(C(C)C)n(O)c1=O. The van der Waals surface area contributed by atoms with E-state index in [9.17, 15) is 23.2 Å². The van der Waals surface area contributed by atoms with Crippen LogP contribution in [0.2, 0.25) is 0 Å². The molecule has 0 aliphatic heterocycles. The topological polar surface area (TPSA) is 90.1 Å². The van der Waals surface area contributed by atoms with Crippen molar-refractivity contribution in [3.63, 3.8) is 0 Å². The van der Waals surface area contributed by atoms with Gasteiger partial charge in [0, 0.05) is 18.6 Å². The predicted molar refractivity (Wildman–Crippen MR) is 76.5 cm³/mol. The molecule has 0 unspecified atom stereocenters. The molecule has 0 spiro atoms. The van der Waals surface area contributed by atoms with Gasteiger partial charge in [-0.05, 0) is 12.1 Å². The molecule has 0 aromatic carbocycles. The van der Waals surface area contributed by atoms with Crippen molar-refractivity contribution < 1.29 is 23.1 Å². The third kappa shape index (κ3) is 3.37. The van der Waals surface area contributed by atoms with Gasteiger partial charge in [-0.1, -0.05) is 13.8 Å². The second-order valence-electron chi connectivity index (χ2n) is 5.30. The number of hydrogen-bond donors (Lipinski definition) is 1. The number of pyridine rings is 1. The van der Waals surface area contributed by atoms with Crippen LogP contribution in [0.1, 0.15) is 37.0 Å². The summed E-state index contributed by atoms with van der Waals surface area (Å²) >= 11 is 0. The summed E-state index contributed by atoms with van der Waals surface area (Å²) in [5, 5.41) is 17.4. The smallest absolute Gasteiger partial charge is 0.424 e. The minimum atomic E-state index is -4.63. The average Bonchev–Trinajstić information content (AvgIpc) is 2.49. The average molecular weight is 344 g/mol. The van der Waals surface area contributed by atoms with Crippen LogP contribution in [0.5, 0.6) is 0 Å². The zero-order valence-corrected chi connectivity index (χ0v) is 13.1. The maximum atomic E-state index is 12.8. The fourth-order valence-corrected chi connectivity index (χ4v) is 2.04. The van der Waals surface area contributed by atoms with Crippen LogP contribution in [0.3, 0.4) is 0 Å². The molecule has 2 rings (SSSR count). The van der Waals surface area contributed by atoms with E-state index in [1.165, 1.54) is 7.11 Å². The molecule has 2 heterocycles. The van der Waals surface area contributed by atoms with E-state index in [1.807, 2.05) is 0 Å². The number of halogens is 3. The summed E-state index contributed by atoms with van der Waals surface area (Å²) in [5.41, 5.74) is -2.44. The van der Waals surface area contributed by atoms with Gasteiger partial charge in [0.2, 0.25) is 0 Å². The Morgan fingerprint density at radius 2 is 1.96 bits per heavy atom. The van der Waals surface area contributed by atoms with E-state index in [4.69, 9.17) is 4.74 Å². The summed E-state index contributed by atoms with van der Waals surface area (Å²) in [6, 6.07) is 1.79. The third-order valence-corrected chi connectivity index (χ3v) is 3.18. The second kappa shape index (κ2) is 6.56. The molecule has 0 saturated heterocycles. The van der Waals surface area contributed by atoms with Crippen LogP contribution in [0.25, 0.3) is 11.3 Å². The van der Waals surface area contributed by atoms with Gasteiger partial charge in [-0.2, -0.15) is 13.2 Å². The molecule has 0 aliphatic rings. The molecule has 24 heavy (non-hydrogen) atoms. The Balaban J connectivity index is 2.64. The number of hydrogen-bond acceptors (Lipinski definition) is 6. The lowest BCUT2D eigenvalue weighted by Gasteiger charge is -2.13. The number of ether oxygens (including phenoxy) is 1. The molecule has 130 valence electrons. The zero-order valence-electron chi connectivity index (χ0n) is 13.1. The number of alkyl halides is 3. The second-order valence-corrected chi connectivity index (χ2v) is 5.30. The van der Waals surface area contributed by atoms with Crippen LogP contribution < -0.4 is 5.56 Å². The normalized spacial score (nSPS) is 12.0. The lowest BCUT2D eigenvalue weighted by Crippen LogP contribution is -2.27. The van der Waals surface area contributed by atoms with Gasteiger partial charge in [-0.3, -0.25) is 4.79 Å². The van der Waals surface area contributed by atoms with E-state index >= 15 is 0 Å². The van der Waals surface area contributed by atoms with Gasteiger partial charge in [-0.15, -0.1) is 14.9 Å². The number of aromatic nitrogens is 4. The van der Waals surface area contributed by atoms with Crippen molar-refractivity contribution in [2.75, 3.05) is 7.11 Å². The van der Waals surface area contributed by atoms with Crippen molar-refractivity contribution in [3.05, 3.63) is 39.7 Å². The molecule has 0 saturated carbocycles. The van der Waals surface area contributed by atoms with Crippen LogP contribution >= 0.6 is 0 Å². The van der Waals surface area contributed by atoms with Crippen molar-refractivity contribution in [1.29, 1.82) is 0 Å². The minimum absolute atomic E-state index is 0.0143. The highest BCUT2D eigenvalue weighted by Gasteiger charge is 2.33. The summed E-state index contributed by atoms with van der Waals surface area (Å²) in [6.45, 7) is 3.13. The summed E-state index contributed by atoms with van der Waals surface area (Å²) in [4.78, 5) is 15.7. The van der Waals surface area contributed by atoms with Crippen molar-refractivity contribution in [3.8, 4) is 11.3 Å². The van der Waals surface area contributed by atoms with Gasteiger partial charge in [0.25, 0.3) is 0 Å². The highest BCUT2D eigenvalue weighted by atomic mass is 19.4. The van der Waals surface area contributed by atoms with E-state index in [0.29, 0.717) is 4.73 Å². The van der Waals surface area contributed by atoms with E-state index in [2.05, 4.69) is 15.2 Å². The molecule has 0 fully saturated rings. The van der Waals surface area contributed by atoms with Crippen molar-refractivity contribution >= 4 is 0 Å². The molecular formula is C14H15F3N4O3. The highest BCUT2D eigenvalue weighted by Crippen LogP contribution is 2.30. The maximum absolute atomic E-state index is 12.8. The van der Waals surface area contributed by atoms with E-state index in [-0.39, 0.29) is 35.3 Å². The van der Waals surface area contributed by atoms with Crippen LogP contribution in [-0.4, -0.2) is 32.2 Å². The van der Waals surface area contributed by atoms with E-state index in [0.717, 1.165) is 12.1 Å². The first-order valence-corrected chi connectivity index (χ1v) is 6.92. The first kappa shape index (κ1) is 17.9. The maximum Gasteiger partial charge on any atom is 0.433 e. The molecule has 0 amide bonds. The summed E-state index contributed by atoms with van der Waals surface area (Å²) in [5.74, 6) is -0.231. The predicted octanol–water partition coefficient (Wildman–Crippen LogP) is 2.23. The molecule has 2 aromatic heterocycles. The molecule has 10 heteroatoms. The standard InChI is InChI=1S/C14H15F3N4O3/c1-7(2)12-20-19-11(13(22)21(12)23)8-4-5-10(14(15,16)17)18-9(8)6-24-3/h4-5,7,23H,6H2,1-3H3. The first-order valence-electron chi connectivity index (χ1n) is 6.92. The van der Waals surface area contributed by atoms with Crippen molar-refractivity contribution in [2.24, 2.45) is 0 Å². The summed E-state index contributed by atoms with van der Waals surface area (Å²) in [6.07, 6.45) is -4.63. The molecule has 7 nitrogen and oxygen atoms in total. The number of rotatable bonds is 4. The van der Waals surface area contributed by atoms with Crippen LogP contribution in [0.15, 0.2) is 16.9 Å². The van der Waals surface area contributed by atoms with Gasteiger partial charge < -0.3 is 9.94 Å². The van der Waals surface area contributed by atoms with Gasteiger partial charge in [0.1, 0.15) is 5.69 Å². The van der Waals surface area contributed by atoms with Crippen LogP contribution in [0, 0.1) is 0 Å². The van der Waals surface area contributed by atoms with Gasteiger partial charge in [0.15, 0.2) is 11.5 Å². The first-order chi connectivity index (χ1) is 11.2. The Kier molecular flexibility index (Phi) is 4.88. The largest absolute Gasteiger partial charge is 0.433 e. The van der Waals surface area contributed by atoms with Crippen molar-refractivity contribution in [2.45, 2.75) is 32.5 Å². The lowest BCUT2D eigenvalue weighted by atomic mass is 10.1. The zero-order chi connectivity index (χ0) is 18.1. The Morgan fingerprint density at radius 3 is 2.50 bits per heavy atom. The van der Waals surface area contributed by atoms with Crippen LogP contribution in [0.4, 0.5) is 13.2 Å². The molecule has 0 aliphatic carbocycles. The fraction of sp³-hybridized carbons (Fsp3) is 0.429. The molecule has 0 radical (unpaired) electrons. The van der Waals surface area contributed by atoms with E-state index in [1.54, 1.807) is 13.8 Å². The van der Waals surface area contributed by atoms with Crippen LogP contribution in [-0.2, 0) is 17.5 Å². The van der Waals surface area contributed by atoms with Crippen molar-refractivity contribution in [1.82, 2.24) is 19.9 Å². The quantitative estimate of drug-likeness (QED) is 0.856. The third-order valence-electron chi connectivity index (χ3n) is 3.18. The number of methoxy groups -OCH3 is 1. The fourth-order valence-electron chi connectivity index (χ4n) is 2.04. The molecular weight excluding hydrogens is 329 g/mol. The molecule has 0 bridgehead atoms. The van der Waals surface area contributed by atoms with E-state index < -0.39 is 17.4 Å². The van der Waals surface area contributed by atoms with Gasteiger partial charge in [0.05, 0.1) is 12.3 Å². The molecule has 0 atom stereocenters.